The molecule has 2 fully saturated rings. The predicted octanol–water partition coefficient (Wildman–Crippen LogP) is -0.248. The quantitative estimate of drug-likeness (QED) is 0.459. The number of guanidine groups is 1. The highest BCUT2D eigenvalue weighted by Crippen LogP contribution is 2.18. The van der Waals surface area contributed by atoms with E-state index in [4.69, 9.17) is 4.42 Å². The Labute approximate surface area is 172 Å². The molecule has 2 heterocycles. The van der Waals surface area contributed by atoms with E-state index in [2.05, 4.69) is 25.4 Å². The van der Waals surface area contributed by atoms with Crippen molar-refractivity contribution in [3.8, 4) is 0 Å². The minimum Gasteiger partial charge on any atom is -0.469 e. The van der Waals surface area contributed by atoms with Gasteiger partial charge in [-0.25, -0.2) is 4.99 Å². The van der Waals surface area contributed by atoms with Crippen LogP contribution in [0.3, 0.4) is 0 Å². The van der Waals surface area contributed by atoms with Gasteiger partial charge in [0.2, 0.25) is 11.8 Å². The molecular formula is C20H32N6O3. The lowest BCUT2D eigenvalue weighted by Crippen LogP contribution is -2.54. The minimum absolute atomic E-state index is 0.0364. The van der Waals surface area contributed by atoms with Gasteiger partial charge in [-0.1, -0.05) is 0 Å². The van der Waals surface area contributed by atoms with Gasteiger partial charge in [-0.2, -0.15) is 0 Å². The van der Waals surface area contributed by atoms with Gasteiger partial charge in [0.25, 0.3) is 0 Å². The summed E-state index contributed by atoms with van der Waals surface area (Å²) in [4.78, 5) is 34.4. The second-order valence-corrected chi connectivity index (χ2v) is 7.79. The predicted molar refractivity (Wildman–Crippen MR) is 111 cm³/mol. The maximum atomic E-state index is 12.0. The summed E-state index contributed by atoms with van der Waals surface area (Å²) in [6, 6.07) is 4.22. The zero-order valence-corrected chi connectivity index (χ0v) is 17.4. The second kappa shape index (κ2) is 10.3. The molecule has 0 unspecified atom stereocenters. The Balaban J connectivity index is 1.50. The number of amides is 2. The maximum absolute atomic E-state index is 12.0. The van der Waals surface area contributed by atoms with E-state index in [-0.39, 0.29) is 18.4 Å². The van der Waals surface area contributed by atoms with E-state index in [1.54, 1.807) is 25.3 Å². The molecule has 29 heavy (non-hydrogen) atoms. The average Bonchev–Trinajstić information content (AvgIpc) is 3.35. The van der Waals surface area contributed by atoms with Crippen molar-refractivity contribution < 1.29 is 14.0 Å². The molecule has 0 atom stereocenters. The topological polar surface area (TPSA) is 93.4 Å². The Kier molecular flexibility index (Phi) is 7.51. The van der Waals surface area contributed by atoms with Crippen LogP contribution in [0, 0.1) is 0 Å². The molecule has 9 heteroatoms. The van der Waals surface area contributed by atoms with E-state index in [9.17, 15) is 9.59 Å². The molecule has 160 valence electrons. The number of nitrogens with one attached hydrogen (secondary N) is 2. The molecule has 0 bridgehead atoms. The Morgan fingerprint density at radius 2 is 2.00 bits per heavy atom. The van der Waals surface area contributed by atoms with Crippen molar-refractivity contribution in [1.29, 1.82) is 0 Å². The fourth-order valence-corrected chi connectivity index (χ4v) is 3.13. The number of hydrogen-bond donors (Lipinski definition) is 2. The van der Waals surface area contributed by atoms with Gasteiger partial charge in [-0.15, -0.1) is 0 Å². The van der Waals surface area contributed by atoms with E-state index in [0.717, 1.165) is 57.2 Å². The Morgan fingerprint density at radius 3 is 2.62 bits per heavy atom. The third-order valence-electron chi connectivity index (χ3n) is 5.08. The number of piperazine rings is 1. The summed E-state index contributed by atoms with van der Waals surface area (Å²) < 4.78 is 5.37. The number of likely N-dealkylation sites (N-methyl/N-ethyl adjacent to an activating group) is 1. The highest BCUT2D eigenvalue weighted by atomic mass is 16.3. The first-order valence-electron chi connectivity index (χ1n) is 10.3. The number of furan rings is 1. The monoisotopic (exact) mass is 404 g/mol. The van der Waals surface area contributed by atoms with Crippen molar-refractivity contribution >= 4 is 17.8 Å². The van der Waals surface area contributed by atoms with Gasteiger partial charge in [0.1, 0.15) is 12.3 Å². The van der Waals surface area contributed by atoms with E-state index >= 15 is 0 Å². The Hall–Kier alpha value is -2.55. The first kappa shape index (κ1) is 21.2. The van der Waals surface area contributed by atoms with Crippen LogP contribution in [0.15, 0.2) is 27.8 Å². The summed E-state index contributed by atoms with van der Waals surface area (Å²) in [7, 11) is 3.46. The molecule has 2 aliphatic rings. The van der Waals surface area contributed by atoms with Crippen LogP contribution in [0.5, 0.6) is 0 Å². The minimum atomic E-state index is -0.0364. The first-order chi connectivity index (χ1) is 14.0. The van der Waals surface area contributed by atoms with E-state index < -0.39 is 0 Å². The largest absolute Gasteiger partial charge is 0.469 e. The van der Waals surface area contributed by atoms with Crippen molar-refractivity contribution in [2.24, 2.45) is 4.99 Å². The lowest BCUT2D eigenvalue weighted by atomic mass is 10.3. The van der Waals surface area contributed by atoms with E-state index in [0.29, 0.717) is 19.1 Å². The molecule has 1 aromatic rings. The van der Waals surface area contributed by atoms with Crippen LogP contribution in [0.25, 0.3) is 0 Å². The molecular weight excluding hydrogens is 372 g/mol. The first-order valence-corrected chi connectivity index (χ1v) is 10.3. The average molecular weight is 405 g/mol. The van der Waals surface area contributed by atoms with Crippen molar-refractivity contribution in [3.05, 3.63) is 24.2 Å². The van der Waals surface area contributed by atoms with Crippen LogP contribution < -0.4 is 10.6 Å². The van der Waals surface area contributed by atoms with E-state index in [1.165, 1.54) is 0 Å². The standard InChI is InChI=1S/C20H32N6O3/c1-24(2)19(28)14-22-20(21-8-7-17-4-3-13-29-17)26-11-9-25(10-12-26)15-18(27)23-16-5-6-16/h3-4,13,16H,5-12,14-15H2,1-2H3,(H,21,22)(H,23,27). The summed E-state index contributed by atoms with van der Waals surface area (Å²) in [5, 5.41) is 6.40. The van der Waals surface area contributed by atoms with Gasteiger partial charge >= 0.3 is 0 Å². The summed E-state index contributed by atoms with van der Waals surface area (Å²) >= 11 is 0. The lowest BCUT2D eigenvalue weighted by molar-refractivity contribution is -0.127. The molecule has 0 radical (unpaired) electrons. The highest BCUT2D eigenvalue weighted by molar-refractivity contribution is 5.85. The van der Waals surface area contributed by atoms with Gasteiger partial charge in [-0.3, -0.25) is 14.5 Å². The van der Waals surface area contributed by atoms with Crippen LogP contribution in [0.4, 0.5) is 0 Å². The number of nitrogens with zero attached hydrogens (tertiary/aromatic N) is 4. The van der Waals surface area contributed by atoms with Crippen molar-refractivity contribution in [2.75, 3.05) is 59.9 Å². The molecule has 9 nitrogen and oxygen atoms in total. The van der Waals surface area contributed by atoms with E-state index in [1.807, 2.05) is 12.1 Å². The van der Waals surface area contributed by atoms with Crippen molar-refractivity contribution in [1.82, 2.24) is 25.3 Å². The van der Waals surface area contributed by atoms with Crippen LogP contribution >= 0.6 is 0 Å². The van der Waals surface area contributed by atoms with Gasteiger partial charge < -0.3 is 24.9 Å². The zero-order valence-electron chi connectivity index (χ0n) is 17.4. The molecule has 1 saturated carbocycles. The van der Waals surface area contributed by atoms with Crippen LogP contribution in [-0.2, 0) is 16.0 Å². The fourth-order valence-electron chi connectivity index (χ4n) is 3.13. The molecule has 2 amide bonds. The molecule has 0 spiro atoms. The van der Waals surface area contributed by atoms with Gasteiger partial charge in [0.15, 0.2) is 5.96 Å². The summed E-state index contributed by atoms with van der Waals surface area (Å²) in [5.74, 6) is 1.72. The summed E-state index contributed by atoms with van der Waals surface area (Å²) in [6.45, 7) is 4.34. The van der Waals surface area contributed by atoms with Gasteiger partial charge in [0.05, 0.1) is 12.8 Å². The molecule has 1 aliphatic heterocycles. The summed E-state index contributed by atoms with van der Waals surface area (Å²) in [6.07, 6.45) is 4.62. The van der Waals surface area contributed by atoms with Crippen LogP contribution in [0.1, 0.15) is 18.6 Å². The molecule has 1 aliphatic carbocycles. The number of aliphatic imine (C=N–C) groups is 1. The maximum Gasteiger partial charge on any atom is 0.243 e. The zero-order chi connectivity index (χ0) is 20.6. The van der Waals surface area contributed by atoms with Crippen molar-refractivity contribution in [3.63, 3.8) is 0 Å². The third-order valence-corrected chi connectivity index (χ3v) is 5.08. The van der Waals surface area contributed by atoms with Crippen LogP contribution in [0.2, 0.25) is 0 Å². The van der Waals surface area contributed by atoms with Crippen molar-refractivity contribution in [2.45, 2.75) is 25.3 Å². The number of carbonyl (C=O) groups excluding carboxylic acids is 2. The third kappa shape index (κ3) is 7.08. The smallest absolute Gasteiger partial charge is 0.243 e. The Bertz CT molecular complexity index is 691. The molecule has 0 aromatic carbocycles. The molecule has 1 aromatic heterocycles. The molecule has 2 N–H and O–H groups in total. The normalized spacial score (nSPS) is 17.9. The number of rotatable bonds is 8. The Morgan fingerprint density at radius 1 is 1.24 bits per heavy atom. The summed E-state index contributed by atoms with van der Waals surface area (Å²) in [5.41, 5.74) is 0. The van der Waals surface area contributed by atoms with Crippen LogP contribution in [-0.4, -0.2) is 98.4 Å². The van der Waals surface area contributed by atoms with Gasteiger partial charge in [-0.05, 0) is 25.0 Å². The lowest BCUT2D eigenvalue weighted by Gasteiger charge is -2.36. The highest BCUT2D eigenvalue weighted by Gasteiger charge is 2.26. The number of hydrogen-bond acceptors (Lipinski definition) is 5. The number of carbonyl (C=O) groups is 2. The SMILES string of the molecule is CN(C)C(=O)CN=C(NCCc1ccco1)N1CCN(CC(=O)NC2CC2)CC1. The molecule has 3 rings (SSSR count). The molecule has 1 saturated heterocycles. The second-order valence-electron chi connectivity index (χ2n) is 7.79. The fraction of sp³-hybridized carbons (Fsp3) is 0.650. The van der Waals surface area contributed by atoms with Gasteiger partial charge in [0, 0.05) is 59.3 Å².